The summed E-state index contributed by atoms with van der Waals surface area (Å²) < 4.78 is 0. The van der Waals surface area contributed by atoms with Crippen molar-refractivity contribution in [2.24, 2.45) is 0 Å². The fourth-order valence-electron chi connectivity index (χ4n) is 1.15. The van der Waals surface area contributed by atoms with Crippen LogP contribution < -0.4 is 5.32 Å². The van der Waals surface area contributed by atoms with Gasteiger partial charge in [0.1, 0.15) is 0 Å². The van der Waals surface area contributed by atoms with Gasteiger partial charge in [0.15, 0.2) is 0 Å². The third kappa shape index (κ3) is 1.16. The van der Waals surface area contributed by atoms with Crippen LogP contribution in [0.2, 0.25) is 0 Å². The van der Waals surface area contributed by atoms with Gasteiger partial charge in [0.05, 0.1) is 0 Å². The van der Waals surface area contributed by atoms with Crippen molar-refractivity contribution >= 4 is 0 Å². The Bertz CT molecular complexity index is 53.2. The molecule has 1 aliphatic heterocycles. The summed E-state index contributed by atoms with van der Waals surface area (Å²) in [7, 11) is 0. The van der Waals surface area contributed by atoms with Gasteiger partial charge in [-0.3, -0.25) is 0 Å². The summed E-state index contributed by atoms with van der Waals surface area (Å²) >= 11 is 0. The molecule has 1 N–H and O–H groups in total. The molecule has 0 amide bonds. The van der Waals surface area contributed by atoms with Gasteiger partial charge in [-0.1, -0.05) is 0 Å². The smallest absolute Gasteiger partial charge is 0.00417 e. The maximum Gasteiger partial charge on any atom is 0.00417 e. The van der Waals surface area contributed by atoms with Crippen molar-refractivity contribution in [2.45, 2.75) is 38.8 Å². The molecule has 1 heterocycles. The molecular formula is C6H13N. The first kappa shape index (κ1) is 5.10. The maximum atomic E-state index is 3.42. The molecule has 1 saturated heterocycles. The quantitative estimate of drug-likeness (QED) is 0.480. The highest BCUT2D eigenvalue weighted by molar-refractivity contribution is 4.76. The number of hydrogen-bond donors (Lipinski definition) is 1. The average molecular weight is 99.2 g/mol. The van der Waals surface area contributed by atoms with E-state index in [0.29, 0.717) is 0 Å². The van der Waals surface area contributed by atoms with E-state index in [9.17, 15) is 0 Å². The molecule has 2 atom stereocenters. The summed E-state index contributed by atoms with van der Waals surface area (Å²) in [6.07, 6.45) is 2.72. The third-order valence-corrected chi connectivity index (χ3v) is 1.60. The molecule has 1 nitrogen and oxygen atoms in total. The molecular weight excluding hydrogens is 86.1 g/mol. The van der Waals surface area contributed by atoms with E-state index >= 15 is 0 Å². The zero-order valence-electron chi connectivity index (χ0n) is 5.07. The van der Waals surface area contributed by atoms with Crippen molar-refractivity contribution in [2.75, 3.05) is 0 Å². The van der Waals surface area contributed by atoms with E-state index in [1.807, 2.05) is 0 Å². The van der Waals surface area contributed by atoms with E-state index in [1.165, 1.54) is 12.8 Å². The zero-order chi connectivity index (χ0) is 5.28. The second-order valence-corrected chi connectivity index (χ2v) is 2.55. The van der Waals surface area contributed by atoms with Gasteiger partial charge >= 0.3 is 0 Å². The van der Waals surface area contributed by atoms with Crippen LogP contribution in [-0.2, 0) is 0 Å². The summed E-state index contributed by atoms with van der Waals surface area (Å²) in [5.74, 6) is 0. The predicted molar refractivity (Wildman–Crippen MR) is 31.3 cm³/mol. The highest BCUT2D eigenvalue weighted by Crippen LogP contribution is 2.09. The van der Waals surface area contributed by atoms with Crippen LogP contribution >= 0.6 is 0 Å². The van der Waals surface area contributed by atoms with Gasteiger partial charge in [-0.05, 0) is 26.7 Å². The predicted octanol–water partition coefficient (Wildman–Crippen LogP) is 1.15. The Morgan fingerprint density at radius 3 is 1.71 bits per heavy atom. The normalized spacial score (nSPS) is 42.0. The van der Waals surface area contributed by atoms with Crippen molar-refractivity contribution in [3.63, 3.8) is 0 Å². The minimum absolute atomic E-state index is 0.773. The van der Waals surface area contributed by atoms with Gasteiger partial charge in [-0.15, -0.1) is 0 Å². The molecule has 0 unspecified atom stereocenters. The van der Waals surface area contributed by atoms with Crippen molar-refractivity contribution in [1.29, 1.82) is 0 Å². The molecule has 42 valence electrons. The summed E-state index contributed by atoms with van der Waals surface area (Å²) in [5.41, 5.74) is 0. The highest BCUT2D eigenvalue weighted by Gasteiger charge is 2.14. The molecule has 0 aliphatic carbocycles. The van der Waals surface area contributed by atoms with Crippen LogP contribution in [0.5, 0.6) is 0 Å². The van der Waals surface area contributed by atoms with Crippen molar-refractivity contribution in [1.82, 2.24) is 5.32 Å². The highest BCUT2D eigenvalue weighted by atomic mass is 15.0. The Labute approximate surface area is 45.1 Å². The fourth-order valence-corrected chi connectivity index (χ4v) is 1.15. The molecule has 7 heavy (non-hydrogen) atoms. The van der Waals surface area contributed by atoms with E-state index in [0.717, 1.165) is 12.1 Å². The Hall–Kier alpha value is -0.0400. The van der Waals surface area contributed by atoms with Gasteiger partial charge in [0.25, 0.3) is 0 Å². The lowest BCUT2D eigenvalue weighted by Crippen LogP contribution is -2.23. The third-order valence-electron chi connectivity index (χ3n) is 1.60. The Balaban J connectivity index is 2.26. The molecule has 0 saturated carbocycles. The number of hydrogen-bond acceptors (Lipinski definition) is 1. The minimum Gasteiger partial charge on any atom is -0.312 e. The topological polar surface area (TPSA) is 12.0 Å². The Morgan fingerprint density at radius 1 is 1.14 bits per heavy atom. The SMILES string of the molecule is C[C@H]1CC[C@H](C)N1. The van der Waals surface area contributed by atoms with Crippen LogP contribution in [0.3, 0.4) is 0 Å². The average Bonchev–Trinajstić information content (AvgIpc) is 1.87. The van der Waals surface area contributed by atoms with E-state index in [2.05, 4.69) is 19.2 Å². The number of rotatable bonds is 0. The van der Waals surface area contributed by atoms with Crippen LogP contribution in [0.15, 0.2) is 0 Å². The van der Waals surface area contributed by atoms with Gasteiger partial charge in [0.2, 0.25) is 0 Å². The molecule has 0 aromatic heterocycles. The van der Waals surface area contributed by atoms with Gasteiger partial charge in [0, 0.05) is 12.1 Å². The lowest BCUT2D eigenvalue weighted by atomic mass is 10.2. The molecule has 1 heteroatoms. The second kappa shape index (κ2) is 1.83. The van der Waals surface area contributed by atoms with Crippen LogP contribution in [-0.4, -0.2) is 12.1 Å². The van der Waals surface area contributed by atoms with Crippen molar-refractivity contribution in [3.05, 3.63) is 0 Å². The molecule has 1 aliphatic rings. The number of nitrogens with one attached hydrogen (secondary N) is 1. The van der Waals surface area contributed by atoms with Gasteiger partial charge < -0.3 is 5.32 Å². The lowest BCUT2D eigenvalue weighted by Gasteiger charge is -2.01. The molecule has 1 rings (SSSR count). The first-order valence-electron chi connectivity index (χ1n) is 3.05. The van der Waals surface area contributed by atoms with Crippen LogP contribution in [0.4, 0.5) is 0 Å². The Kier molecular flexibility index (Phi) is 1.33. The summed E-state index contributed by atoms with van der Waals surface area (Å²) in [6, 6.07) is 1.55. The molecule has 0 spiro atoms. The minimum atomic E-state index is 0.773. The van der Waals surface area contributed by atoms with E-state index in [1.54, 1.807) is 0 Å². The maximum absolute atomic E-state index is 3.42. The van der Waals surface area contributed by atoms with Crippen LogP contribution in [0.25, 0.3) is 0 Å². The lowest BCUT2D eigenvalue weighted by molar-refractivity contribution is 0.596. The monoisotopic (exact) mass is 99.1 g/mol. The second-order valence-electron chi connectivity index (χ2n) is 2.55. The molecule has 0 bridgehead atoms. The summed E-state index contributed by atoms with van der Waals surface area (Å²) in [5, 5.41) is 3.42. The largest absolute Gasteiger partial charge is 0.312 e. The first-order valence-corrected chi connectivity index (χ1v) is 3.05. The van der Waals surface area contributed by atoms with Crippen LogP contribution in [0.1, 0.15) is 26.7 Å². The molecule has 0 radical (unpaired) electrons. The van der Waals surface area contributed by atoms with E-state index in [-0.39, 0.29) is 0 Å². The fraction of sp³-hybridized carbons (Fsp3) is 1.00. The standard InChI is InChI=1S/C6H13N/c1-5-3-4-6(2)7-5/h5-7H,3-4H2,1-2H3/t5-,6-/m0/s1. The van der Waals surface area contributed by atoms with Gasteiger partial charge in [-0.2, -0.15) is 0 Å². The van der Waals surface area contributed by atoms with E-state index < -0.39 is 0 Å². The summed E-state index contributed by atoms with van der Waals surface area (Å²) in [6.45, 7) is 4.48. The first-order chi connectivity index (χ1) is 3.29. The Morgan fingerprint density at radius 2 is 1.57 bits per heavy atom. The zero-order valence-corrected chi connectivity index (χ0v) is 5.07. The molecule has 1 fully saturated rings. The van der Waals surface area contributed by atoms with Crippen molar-refractivity contribution in [3.8, 4) is 0 Å². The molecule has 0 aromatic rings. The molecule has 0 aromatic carbocycles. The van der Waals surface area contributed by atoms with Crippen LogP contribution in [0, 0.1) is 0 Å². The van der Waals surface area contributed by atoms with Crippen molar-refractivity contribution < 1.29 is 0 Å². The van der Waals surface area contributed by atoms with E-state index in [4.69, 9.17) is 0 Å². The van der Waals surface area contributed by atoms with Gasteiger partial charge in [-0.25, -0.2) is 0 Å². The summed E-state index contributed by atoms with van der Waals surface area (Å²) in [4.78, 5) is 0.